The number of non-ortho nitro benzene ring substituents is 1. The molecule has 0 aromatic heterocycles. The molecule has 216 valence electrons. The molecule has 42 heavy (non-hydrogen) atoms. The third-order valence-corrected chi connectivity index (χ3v) is 6.81. The molecule has 0 atom stereocenters. The standard InChI is InChI=1S/C30H26FN3O7S/c1-3-7-21-12-20(14-25(40-4-2)28(21)41-18-19-8-5-11-24(13-19)34(38)39)15-26-29(36)33(30(37)42-26)17-27(35)32-23-10-6-9-22(31)16-23/h3,5-6,8-16H,1,4,7,17-18H2,2H3,(H,32,35)/b26-15+. The minimum absolute atomic E-state index is 0.0435. The number of rotatable bonds is 12. The summed E-state index contributed by atoms with van der Waals surface area (Å²) < 4.78 is 25.3. The quantitative estimate of drug-likeness (QED) is 0.116. The van der Waals surface area contributed by atoms with E-state index in [4.69, 9.17) is 9.47 Å². The summed E-state index contributed by atoms with van der Waals surface area (Å²) >= 11 is 0.692. The van der Waals surface area contributed by atoms with Gasteiger partial charge < -0.3 is 14.8 Å². The van der Waals surface area contributed by atoms with Gasteiger partial charge in [-0.1, -0.05) is 24.3 Å². The molecule has 3 aromatic carbocycles. The van der Waals surface area contributed by atoms with Crippen molar-refractivity contribution in [1.29, 1.82) is 0 Å². The Morgan fingerprint density at radius 2 is 1.93 bits per heavy atom. The Morgan fingerprint density at radius 3 is 2.64 bits per heavy atom. The number of imide groups is 1. The van der Waals surface area contributed by atoms with Gasteiger partial charge in [0.2, 0.25) is 5.91 Å². The number of halogens is 1. The van der Waals surface area contributed by atoms with Crippen LogP contribution in [-0.4, -0.2) is 40.0 Å². The molecule has 1 aliphatic rings. The maximum absolute atomic E-state index is 13.4. The summed E-state index contributed by atoms with van der Waals surface area (Å²) in [5, 5.41) is 13.0. The first-order valence-corrected chi connectivity index (χ1v) is 13.6. The van der Waals surface area contributed by atoms with Gasteiger partial charge in [0.1, 0.15) is 19.0 Å². The molecule has 4 rings (SSSR count). The van der Waals surface area contributed by atoms with Crippen LogP contribution >= 0.6 is 11.8 Å². The fourth-order valence-corrected chi connectivity index (χ4v) is 4.95. The van der Waals surface area contributed by atoms with Gasteiger partial charge in [-0.25, -0.2) is 4.39 Å². The van der Waals surface area contributed by atoms with Crippen molar-refractivity contribution >= 4 is 46.3 Å². The van der Waals surface area contributed by atoms with Gasteiger partial charge in [0, 0.05) is 23.4 Å². The van der Waals surface area contributed by atoms with Crippen LogP contribution in [0.4, 0.5) is 20.6 Å². The van der Waals surface area contributed by atoms with Crippen molar-refractivity contribution in [1.82, 2.24) is 4.90 Å². The van der Waals surface area contributed by atoms with Crippen LogP contribution in [0.1, 0.15) is 23.6 Å². The summed E-state index contributed by atoms with van der Waals surface area (Å²) in [7, 11) is 0. The van der Waals surface area contributed by atoms with E-state index < -0.39 is 34.3 Å². The zero-order valence-electron chi connectivity index (χ0n) is 22.5. The third kappa shape index (κ3) is 7.40. The molecule has 12 heteroatoms. The lowest BCUT2D eigenvalue weighted by atomic mass is 10.0. The number of nitrogens with one attached hydrogen (secondary N) is 1. The molecule has 0 saturated carbocycles. The molecule has 0 aliphatic carbocycles. The summed E-state index contributed by atoms with van der Waals surface area (Å²) in [6.07, 6.45) is 3.57. The Labute approximate surface area is 245 Å². The van der Waals surface area contributed by atoms with E-state index in [9.17, 15) is 28.9 Å². The summed E-state index contributed by atoms with van der Waals surface area (Å²) in [4.78, 5) is 49.7. The third-order valence-electron chi connectivity index (χ3n) is 5.90. The average molecular weight is 592 g/mol. The van der Waals surface area contributed by atoms with E-state index in [1.54, 1.807) is 37.3 Å². The topological polar surface area (TPSA) is 128 Å². The number of amides is 3. The highest BCUT2D eigenvalue weighted by atomic mass is 32.2. The zero-order chi connectivity index (χ0) is 30.2. The molecule has 1 heterocycles. The van der Waals surface area contributed by atoms with Gasteiger partial charge in [0.05, 0.1) is 16.4 Å². The molecule has 1 saturated heterocycles. The molecule has 0 unspecified atom stereocenters. The van der Waals surface area contributed by atoms with E-state index >= 15 is 0 Å². The van der Waals surface area contributed by atoms with Crippen LogP contribution < -0.4 is 14.8 Å². The van der Waals surface area contributed by atoms with Gasteiger partial charge in [0.15, 0.2) is 11.5 Å². The van der Waals surface area contributed by atoms with E-state index in [-0.39, 0.29) is 22.9 Å². The van der Waals surface area contributed by atoms with Crippen LogP contribution in [0.2, 0.25) is 0 Å². The van der Waals surface area contributed by atoms with Gasteiger partial charge in [-0.2, -0.15) is 0 Å². The zero-order valence-corrected chi connectivity index (χ0v) is 23.3. The van der Waals surface area contributed by atoms with Gasteiger partial charge in [-0.15, -0.1) is 6.58 Å². The molecular formula is C30H26FN3O7S. The Kier molecular flexibility index (Phi) is 9.71. The highest BCUT2D eigenvalue weighted by Crippen LogP contribution is 2.38. The van der Waals surface area contributed by atoms with Crippen LogP contribution in [-0.2, 0) is 22.6 Å². The van der Waals surface area contributed by atoms with Crippen molar-refractivity contribution in [2.45, 2.75) is 20.0 Å². The van der Waals surface area contributed by atoms with Crippen molar-refractivity contribution in [3.8, 4) is 11.5 Å². The number of hydrogen-bond donors (Lipinski definition) is 1. The van der Waals surface area contributed by atoms with E-state index in [0.29, 0.717) is 53.0 Å². The maximum atomic E-state index is 13.4. The second-order valence-corrected chi connectivity index (χ2v) is 9.97. The Balaban J connectivity index is 1.55. The highest BCUT2D eigenvalue weighted by Gasteiger charge is 2.36. The van der Waals surface area contributed by atoms with Crippen molar-refractivity contribution in [2.24, 2.45) is 0 Å². The van der Waals surface area contributed by atoms with Crippen LogP contribution in [0.3, 0.4) is 0 Å². The summed E-state index contributed by atoms with van der Waals surface area (Å²) in [5.41, 5.74) is 1.97. The number of allylic oxidation sites excluding steroid dienone is 1. The minimum atomic E-state index is -0.652. The van der Waals surface area contributed by atoms with Crippen molar-refractivity contribution < 1.29 is 33.2 Å². The van der Waals surface area contributed by atoms with Crippen molar-refractivity contribution in [3.63, 3.8) is 0 Å². The monoisotopic (exact) mass is 591 g/mol. The molecular weight excluding hydrogens is 565 g/mol. The molecule has 0 bridgehead atoms. The van der Waals surface area contributed by atoms with Crippen molar-refractivity contribution in [3.05, 3.63) is 111 Å². The maximum Gasteiger partial charge on any atom is 0.294 e. The lowest BCUT2D eigenvalue weighted by molar-refractivity contribution is -0.384. The fraction of sp³-hybridized carbons (Fsp3) is 0.167. The van der Waals surface area contributed by atoms with E-state index in [2.05, 4.69) is 11.9 Å². The normalized spacial score (nSPS) is 13.8. The Morgan fingerprint density at radius 1 is 1.14 bits per heavy atom. The number of carbonyl (C=O) groups is 3. The summed E-state index contributed by atoms with van der Waals surface area (Å²) in [5.74, 6) is -1.04. The lowest BCUT2D eigenvalue weighted by Crippen LogP contribution is -2.36. The number of hydrogen-bond acceptors (Lipinski definition) is 8. The second kappa shape index (κ2) is 13.6. The van der Waals surface area contributed by atoms with Gasteiger partial charge >= 0.3 is 0 Å². The molecule has 1 N–H and O–H groups in total. The molecule has 3 amide bonds. The predicted molar refractivity (Wildman–Crippen MR) is 157 cm³/mol. The van der Waals surface area contributed by atoms with Crippen LogP contribution in [0, 0.1) is 15.9 Å². The number of benzene rings is 3. The number of carbonyl (C=O) groups excluding carboxylic acids is 3. The average Bonchev–Trinajstić information content (AvgIpc) is 3.20. The molecule has 1 fully saturated rings. The molecule has 0 radical (unpaired) electrons. The lowest BCUT2D eigenvalue weighted by Gasteiger charge is -2.17. The van der Waals surface area contributed by atoms with Gasteiger partial charge in [-0.05, 0) is 72.6 Å². The summed E-state index contributed by atoms with van der Waals surface area (Å²) in [6, 6.07) is 14.8. The number of thioether (sulfide) groups is 1. The second-order valence-electron chi connectivity index (χ2n) is 8.98. The Bertz CT molecular complexity index is 1590. The Hall–Kier alpha value is -4.97. The van der Waals surface area contributed by atoms with Crippen LogP contribution in [0.15, 0.2) is 78.2 Å². The molecule has 10 nitrogen and oxygen atoms in total. The molecule has 3 aromatic rings. The number of nitro groups is 1. The van der Waals surface area contributed by atoms with E-state index in [1.807, 2.05) is 0 Å². The first-order valence-electron chi connectivity index (χ1n) is 12.8. The van der Waals surface area contributed by atoms with Gasteiger partial charge in [-0.3, -0.25) is 29.4 Å². The largest absolute Gasteiger partial charge is 0.490 e. The summed E-state index contributed by atoms with van der Waals surface area (Å²) in [6.45, 7) is 5.41. The molecule has 0 spiro atoms. The fourth-order valence-electron chi connectivity index (χ4n) is 4.11. The van der Waals surface area contributed by atoms with Crippen molar-refractivity contribution in [2.75, 3.05) is 18.5 Å². The first kappa shape index (κ1) is 30.0. The highest BCUT2D eigenvalue weighted by molar-refractivity contribution is 8.18. The number of nitrogens with zero attached hydrogens (tertiary/aromatic N) is 2. The minimum Gasteiger partial charge on any atom is -0.490 e. The number of ether oxygens (including phenoxy) is 2. The van der Waals surface area contributed by atoms with E-state index in [1.165, 1.54) is 36.4 Å². The first-order chi connectivity index (χ1) is 20.2. The van der Waals surface area contributed by atoms with E-state index in [0.717, 1.165) is 11.0 Å². The molecule has 1 aliphatic heterocycles. The SMILES string of the molecule is C=CCc1cc(/C=C2/SC(=O)N(CC(=O)Nc3cccc(F)c3)C2=O)cc(OCC)c1OCc1cccc([N+](=O)[O-])c1. The van der Waals surface area contributed by atoms with Gasteiger partial charge in [0.25, 0.3) is 16.8 Å². The smallest absolute Gasteiger partial charge is 0.294 e. The number of nitro benzene ring substituents is 1. The number of anilines is 1. The van der Waals surface area contributed by atoms with Crippen LogP contribution in [0.25, 0.3) is 6.08 Å². The predicted octanol–water partition coefficient (Wildman–Crippen LogP) is 6.12. The van der Waals surface area contributed by atoms with Crippen LogP contribution in [0.5, 0.6) is 11.5 Å².